The molecule has 2 aliphatic heterocycles. The molecule has 2 aliphatic rings. The fourth-order valence-corrected chi connectivity index (χ4v) is 3.39. The van der Waals surface area contributed by atoms with Crippen molar-refractivity contribution < 1.29 is 23.5 Å². The van der Waals surface area contributed by atoms with E-state index in [1.807, 2.05) is 18.2 Å². The van der Waals surface area contributed by atoms with Crippen molar-refractivity contribution in [2.75, 3.05) is 6.61 Å². The third-order valence-electron chi connectivity index (χ3n) is 4.90. The van der Waals surface area contributed by atoms with Gasteiger partial charge < -0.3 is 9.47 Å². The number of fused-ring (bicyclic) bond motifs is 1. The highest BCUT2D eigenvalue weighted by Crippen LogP contribution is 2.32. The molecule has 2 atom stereocenters. The number of ether oxygens (including phenoxy) is 2. The van der Waals surface area contributed by atoms with Crippen molar-refractivity contribution in [3.8, 4) is 16.9 Å². The number of carbonyl (C=O) groups excluding carboxylic acids is 1. The highest BCUT2D eigenvalue weighted by atomic mass is 19.1. The Kier molecular flexibility index (Phi) is 5.36. The Hall–Kier alpha value is -2.44. The van der Waals surface area contributed by atoms with Gasteiger partial charge in [-0.1, -0.05) is 18.2 Å². The Morgan fingerprint density at radius 1 is 1.07 bits per heavy atom. The number of nitrogens with one attached hydrogen (secondary N) is 1. The maximum Gasteiger partial charge on any atom is 0.284 e. The van der Waals surface area contributed by atoms with Crippen molar-refractivity contribution in [3.05, 3.63) is 53.8 Å². The van der Waals surface area contributed by atoms with Gasteiger partial charge in [-0.2, -0.15) is 0 Å². The van der Waals surface area contributed by atoms with Crippen LogP contribution in [-0.2, 0) is 20.8 Å². The topological polar surface area (TPSA) is 56.8 Å². The van der Waals surface area contributed by atoms with Gasteiger partial charge in [-0.05, 0) is 66.6 Å². The summed E-state index contributed by atoms with van der Waals surface area (Å²) in [5.41, 5.74) is 5.45. The fraction of sp³-hybridized carbons (Fsp3) is 0.381. The molecule has 2 unspecified atom stereocenters. The van der Waals surface area contributed by atoms with E-state index in [0.717, 1.165) is 42.4 Å². The first-order chi connectivity index (χ1) is 13.2. The van der Waals surface area contributed by atoms with Crippen LogP contribution in [-0.4, -0.2) is 24.9 Å². The summed E-state index contributed by atoms with van der Waals surface area (Å²) in [5, 5.41) is 0. The molecule has 0 saturated carbocycles. The lowest BCUT2D eigenvalue weighted by molar-refractivity contribution is -0.203. The number of aryl methyl sites for hydroxylation is 1. The molecule has 0 aromatic heterocycles. The van der Waals surface area contributed by atoms with E-state index in [1.54, 1.807) is 12.1 Å². The Balaban J connectivity index is 1.38. The maximum atomic E-state index is 13.1. The van der Waals surface area contributed by atoms with Gasteiger partial charge in [0.15, 0.2) is 12.4 Å². The zero-order valence-corrected chi connectivity index (χ0v) is 14.9. The Morgan fingerprint density at radius 3 is 2.67 bits per heavy atom. The van der Waals surface area contributed by atoms with Crippen LogP contribution >= 0.6 is 0 Å². The Morgan fingerprint density at radius 2 is 1.89 bits per heavy atom. The second-order valence-corrected chi connectivity index (χ2v) is 6.85. The number of benzene rings is 2. The van der Waals surface area contributed by atoms with Crippen LogP contribution in [0.3, 0.4) is 0 Å². The van der Waals surface area contributed by atoms with E-state index in [4.69, 9.17) is 14.3 Å². The zero-order valence-electron chi connectivity index (χ0n) is 14.9. The first-order valence-corrected chi connectivity index (χ1v) is 9.32. The average Bonchev–Trinajstić information content (AvgIpc) is 2.72. The number of hydrogen-bond donors (Lipinski definition) is 1. The largest absolute Gasteiger partial charge is 0.480 e. The SMILES string of the molecule is O=C(NOC1CCCCO1)C1CCc2cc(-c3ccc(F)cc3)ccc2O1. The molecule has 0 bridgehead atoms. The molecule has 6 heteroatoms. The molecule has 1 fully saturated rings. The van der Waals surface area contributed by atoms with Gasteiger partial charge in [-0.3, -0.25) is 4.79 Å². The van der Waals surface area contributed by atoms with Crippen molar-refractivity contribution in [3.63, 3.8) is 0 Å². The molecule has 142 valence electrons. The number of hydrogen-bond acceptors (Lipinski definition) is 4. The standard InChI is InChI=1S/C21H22FNO4/c22-17-8-4-14(5-9-17)15-6-10-18-16(13-15)7-11-19(26-18)21(24)23-27-20-3-1-2-12-25-20/h4-6,8-10,13,19-20H,1-3,7,11-12H2,(H,23,24). The molecular weight excluding hydrogens is 349 g/mol. The van der Waals surface area contributed by atoms with Gasteiger partial charge in [0.2, 0.25) is 0 Å². The highest BCUT2D eigenvalue weighted by molar-refractivity contribution is 5.80. The number of carbonyl (C=O) groups is 1. The predicted octanol–water partition coefficient (Wildman–Crippen LogP) is 3.76. The summed E-state index contributed by atoms with van der Waals surface area (Å²) in [6.45, 7) is 0.657. The van der Waals surface area contributed by atoms with Gasteiger partial charge in [0, 0.05) is 13.0 Å². The molecule has 0 spiro atoms. The van der Waals surface area contributed by atoms with Crippen molar-refractivity contribution >= 4 is 5.91 Å². The predicted molar refractivity (Wildman–Crippen MR) is 97.4 cm³/mol. The van der Waals surface area contributed by atoms with E-state index < -0.39 is 6.10 Å². The van der Waals surface area contributed by atoms with Gasteiger partial charge in [-0.25, -0.2) is 14.7 Å². The van der Waals surface area contributed by atoms with Gasteiger partial charge in [0.1, 0.15) is 11.6 Å². The third-order valence-corrected chi connectivity index (χ3v) is 4.90. The van der Waals surface area contributed by atoms with E-state index in [9.17, 15) is 9.18 Å². The minimum Gasteiger partial charge on any atom is -0.480 e. The summed E-state index contributed by atoms with van der Waals surface area (Å²) in [5.74, 6) is 0.147. The lowest BCUT2D eigenvalue weighted by Crippen LogP contribution is -2.42. The zero-order chi connectivity index (χ0) is 18.6. The van der Waals surface area contributed by atoms with E-state index in [-0.39, 0.29) is 18.0 Å². The summed E-state index contributed by atoms with van der Waals surface area (Å²) >= 11 is 0. The van der Waals surface area contributed by atoms with Gasteiger partial charge >= 0.3 is 0 Å². The molecule has 1 amide bonds. The minimum atomic E-state index is -0.585. The third kappa shape index (κ3) is 4.28. The molecule has 0 aliphatic carbocycles. The molecule has 2 aromatic rings. The monoisotopic (exact) mass is 371 g/mol. The van der Waals surface area contributed by atoms with Gasteiger partial charge in [0.05, 0.1) is 0 Å². The second-order valence-electron chi connectivity index (χ2n) is 6.85. The lowest BCUT2D eigenvalue weighted by atomic mass is 9.97. The summed E-state index contributed by atoms with van der Waals surface area (Å²) in [7, 11) is 0. The summed E-state index contributed by atoms with van der Waals surface area (Å²) in [6.07, 6.45) is 3.17. The normalized spacial score (nSPS) is 21.8. The molecule has 1 N–H and O–H groups in total. The van der Waals surface area contributed by atoms with Crippen molar-refractivity contribution in [1.29, 1.82) is 0 Å². The van der Waals surface area contributed by atoms with Gasteiger partial charge in [0.25, 0.3) is 5.91 Å². The summed E-state index contributed by atoms with van der Waals surface area (Å²) in [6, 6.07) is 12.2. The average molecular weight is 371 g/mol. The number of halogens is 1. The summed E-state index contributed by atoms with van der Waals surface area (Å²) < 4.78 is 24.4. The van der Waals surface area contributed by atoms with E-state index in [2.05, 4.69) is 5.48 Å². The number of hydroxylamine groups is 1. The van der Waals surface area contributed by atoms with E-state index in [1.165, 1.54) is 12.1 Å². The quantitative estimate of drug-likeness (QED) is 0.832. The maximum absolute atomic E-state index is 13.1. The van der Waals surface area contributed by atoms with Crippen molar-refractivity contribution in [2.45, 2.75) is 44.5 Å². The molecule has 5 nitrogen and oxygen atoms in total. The van der Waals surface area contributed by atoms with Crippen LogP contribution in [0.2, 0.25) is 0 Å². The number of amides is 1. The van der Waals surface area contributed by atoms with E-state index in [0.29, 0.717) is 18.8 Å². The molecule has 0 radical (unpaired) electrons. The molecule has 1 saturated heterocycles. The first-order valence-electron chi connectivity index (χ1n) is 9.32. The number of rotatable bonds is 4. The Bertz CT molecular complexity index is 802. The molecule has 2 heterocycles. The van der Waals surface area contributed by atoms with Gasteiger partial charge in [-0.15, -0.1) is 0 Å². The summed E-state index contributed by atoms with van der Waals surface area (Å²) in [4.78, 5) is 17.7. The van der Waals surface area contributed by atoms with Crippen LogP contribution in [0, 0.1) is 5.82 Å². The van der Waals surface area contributed by atoms with E-state index >= 15 is 0 Å². The fourth-order valence-electron chi connectivity index (χ4n) is 3.39. The van der Waals surface area contributed by atoms with Crippen LogP contribution in [0.15, 0.2) is 42.5 Å². The van der Waals surface area contributed by atoms with Crippen LogP contribution in [0.5, 0.6) is 5.75 Å². The molecule has 27 heavy (non-hydrogen) atoms. The smallest absolute Gasteiger partial charge is 0.284 e. The van der Waals surface area contributed by atoms with Crippen molar-refractivity contribution in [2.24, 2.45) is 0 Å². The minimum absolute atomic E-state index is 0.255. The lowest BCUT2D eigenvalue weighted by Gasteiger charge is -2.27. The van der Waals surface area contributed by atoms with Crippen LogP contribution in [0.1, 0.15) is 31.2 Å². The molecular formula is C21H22FNO4. The Labute approximate surface area is 157 Å². The van der Waals surface area contributed by atoms with Crippen LogP contribution < -0.4 is 10.2 Å². The second kappa shape index (κ2) is 8.06. The van der Waals surface area contributed by atoms with Crippen LogP contribution in [0.4, 0.5) is 4.39 Å². The molecule has 4 rings (SSSR count). The van der Waals surface area contributed by atoms with Crippen molar-refractivity contribution in [1.82, 2.24) is 5.48 Å². The van der Waals surface area contributed by atoms with Crippen LogP contribution in [0.25, 0.3) is 11.1 Å². The molecule has 2 aromatic carbocycles. The first kappa shape index (κ1) is 17.9. The highest BCUT2D eigenvalue weighted by Gasteiger charge is 2.27.